The standard InChI is InChI=1S/C7H9N3/c8-7(9)10-6-4-2-1-3-5-6/h1-4H,5H2,(H3,8,9)/b10-6-. The van der Waals surface area contributed by atoms with E-state index in [0.29, 0.717) is 0 Å². The second kappa shape index (κ2) is 2.96. The Labute approximate surface area is 59.5 Å². The van der Waals surface area contributed by atoms with E-state index in [-0.39, 0.29) is 5.96 Å². The SMILES string of the molecule is N=C(N)/N=C1/C=CC=CC1. The lowest BCUT2D eigenvalue weighted by molar-refractivity contribution is 1.34. The lowest BCUT2D eigenvalue weighted by Crippen LogP contribution is -2.09. The molecule has 0 saturated carbocycles. The highest BCUT2D eigenvalue weighted by atomic mass is 15.0. The second-order valence-electron chi connectivity index (χ2n) is 1.98. The molecular weight excluding hydrogens is 126 g/mol. The fourth-order valence-corrected chi connectivity index (χ4v) is 0.740. The summed E-state index contributed by atoms with van der Waals surface area (Å²) in [4.78, 5) is 3.78. The molecule has 0 aromatic carbocycles. The highest BCUT2D eigenvalue weighted by Crippen LogP contribution is 1.98. The summed E-state index contributed by atoms with van der Waals surface area (Å²) < 4.78 is 0. The van der Waals surface area contributed by atoms with Gasteiger partial charge in [-0.15, -0.1) is 0 Å². The van der Waals surface area contributed by atoms with Crippen molar-refractivity contribution < 1.29 is 0 Å². The maximum atomic E-state index is 6.86. The molecule has 0 bridgehead atoms. The highest BCUT2D eigenvalue weighted by Gasteiger charge is 1.94. The Balaban J connectivity index is 2.67. The smallest absolute Gasteiger partial charge is 0.212 e. The Bertz CT molecular complexity index is 223. The molecule has 0 heterocycles. The van der Waals surface area contributed by atoms with Gasteiger partial charge in [-0.05, 0) is 6.08 Å². The van der Waals surface area contributed by atoms with Crippen LogP contribution >= 0.6 is 0 Å². The molecule has 1 aliphatic rings. The van der Waals surface area contributed by atoms with Crippen molar-refractivity contribution in [1.82, 2.24) is 0 Å². The van der Waals surface area contributed by atoms with Gasteiger partial charge in [0.1, 0.15) is 0 Å². The third-order valence-electron chi connectivity index (χ3n) is 1.13. The van der Waals surface area contributed by atoms with E-state index in [9.17, 15) is 0 Å². The van der Waals surface area contributed by atoms with Crippen LogP contribution in [-0.4, -0.2) is 11.7 Å². The monoisotopic (exact) mass is 135 g/mol. The van der Waals surface area contributed by atoms with E-state index < -0.39 is 0 Å². The molecule has 0 unspecified atom stereocenters. The molecule has 0 spiro atoms. The van der Waals surface area contributed by atoms with Crippen molar-refractivity contribution in [3.8, 4) is 0 Å². The van der Waals surface area contributed by atoms with Gasteiger partial charge in [0.05, 0.1) is 0 Å². The Morgan fingerprint density at radius 1 is 1.60 bits per heavy atom. The number of hydrogen-bond acceptors (Lipinski definition) is 1. The van der Waals surface area contributed by atoms with Crippen LogP contribution in [0.2, 0.25) is 0 Å². The van der Waals surface area contributed by atoms with E-state index in [1.54, 1.807) is 0 Å². The summed E-state index contributed by atoms with van der Waals surface area (Å²) >= 11 is 0. The van der Waals surface area contributed by atoms with Crippen molar-refractivity contribution >= 4 is 11.7 Å². The molecule has 52 valence electrons. The van der Waals surface area contributed by atoms with Gasteiger partial charge in [-0.25, -0.2) is 4.99 Å². The van der Waals surface area contributed by atoms with Crippen LogP contribution in [0.5, 0.6) is 0 Å². The van der Waals surface area contributed by atoms with Crippen LogP contribution in [0.15, 0.2) is 29.3 Å². The topological polar surface area (TPSA) is 62.2 Å². The number of nitrogens with two attached hydrogens (primary N) is 1. The Hall–Kier alpha value is -1.38. The second-order valence-corrected chi connectivity index (χ2v) is 1.98. The molecule has 0 aromatic heterocycles. The zero-order valence-electron chi connectivity index (χ0n) is 5.54. The van der Waals surface area contributed by atoms with E-state index >= 15 is 0 Å². The molecule has 1 aliphatic carbocycles. The minimum absolute atomic E-state index is 0.130. The average molecular weight is 135 g/mol. The summed E-state index contributed by atoms with van der Waals surface area (Å²) in [5, 5.41) is 6.86. The first kappa shape index (κ1) is 6.74. The van der Waals surface area contributed by atoms with E-state index in [2.05, 4.69) is 4.99 Å². The van der Waals surface area contributed by atoms with Gasteiger partial charge in [0.15, 0.2) is 0 Å². The summed E-state index contributed by atoms with van der Waals surface area (Å²) in [5.74, 6) is -0.130. The predicted octanol–water partition coefficient (Wildman–Crippen LogP) is 0.837. The predicted molar refractivity (Wildman–Crippen MR) is 42.2 cm³/mol. The van der Waals surface area contributed by atoms with E-state index in [1.807, 2.05) is 24.3 Å². The van der Waals surface area contributed by atoms with Crippen molar-refractivity contribution in [2.24, 2.45) is 10.7 Å². The first-order valence-corrected chi connectivity index (χ1v) is 3.04. The fraction of sp³-hybridized carbons (Fsp3) is 0.143. The van der Waals surface area contributed by atoms with Crippen LogP contribution in [0.1, 0.15) is 6.42 Å². The zero-order valence-corrected chi connectivity index (χ0v) is 5.54. The Kier molecular flexibility index (Phi) is 1.99. The third-order valence-corrected chi connectivity index (χ3v) is 1.13. The van der Waals surface area contributed by atoms with Crippen LogP contribution in [0, 0.1) is 5.41 Å². The molecule has 0 saturated heterocycles. The van der Waals surface area contributed by atoms with Crippen molar-refractivity contribution in [3.05, 3.63) is 24.3 Å². The van der Waals surface area contributed by atoms with Crippen LogP contribution in [-0.2, 0) is 0 Å². The van der Waals surface area contributed by atoms with Crippen molar-refractivity contribution in [2.45, 2.75) is 6.42 Å². The van der Waals surface area contributed by atoms with Crippen LogP contribution < -0.4 is 5.73 Å². The number of nitrogens with zero attached hydrogens (tertiary/aromatic N) is 1. The van der Waals surface area contributed by atoms with E-state index in [4.69, 9.17) is 11.1 Å². The molecular formula is C7H9N3. The number of guanidine groups is 1. The number of rotatable bonds is 0. The Morgan fingerprint density at radius 3 is 2.90 bits per heavy atom. The molecule has 0 atom stereocenters. The Morgan fingerprint density at radius 2 is 2.40 bits per heavy atom. The van der Waals surface area contributed by atoms with Crippen LogP contribution in [0.3, 0.4) is 0 Å². The summed E-state index contributed by atoms with van der Waals surface area (Å²) in [7, 11) is 0. The molecule has 3 N–H and O–H groups in total. The molecule has 3 heteroatoms. The van der Waals surface area contributed by atoms with Gasteiger partial charge in [-0.1, -0.05) is 18.2 Å². The molecule has 3 nitrogen and oxygen atoms in total. The summed E-state index contributed by atoms with van der Waals surface area (Å²) in [5.41, 5.74) is 5.90. The number of nitrogens with one attached hydrogen (secondary N) is 1. The lowest BCUT2D eigenvalue weighted by Gasteiger charge is -1.98. The minimum atomic E-state index is -0.130. The van der Waals surface area contributed by atoms with Crippen LogP contribution in [0.4, 0.5) is 0 Å². The fourth-order valence-electron chi connectivity index (χ4n) is 0.740. The van der Waals surface area contributed by atoms with E-state index in [0.717, 1.165) is 12.1 Å². The first-order valence-electron chi connectivity index (χ1n) is 3.04. The summed E-state index contributed by atoms with van der Waals surface area (Å²) in [6.07, 6.45) is 8.42. The largest absolute Gasteiger partial charge is 0.368 e. The maximum absolute atomic E-state index is 6.86. The average Bonchev–Trinajstić information content (AvgIpc) is 1.88. The summed E-state index contributed by atoms with van der Waals surface area (Å²) in [6, 6.07) is 0. The number of allylic oxidation sites excluding steroid dienone is 4. The summed E-state index contributed by atoms with van der Waals surface area (Å²) in [6.45, 7) is 0. The van der Waals surface area contributed by atoms with Crippen LogP contribution in [0.25, 0.3) is 0 Å². The van der Waals surface area contributed by atoms with Crippen molar-refractivity contribution in [1.29, 1.82) is 5.41 Å². The highest BCUT2D eigenvalue weighted by molar-refractivity contribution is 6.03. The molecule has 0 amide bonds. The van der Waals surface area contributed by atoms with Gasteiger partial charge in [-0.2, -0.15) is 0 Å². The van der Waals surface area contributed by atoms with Gasteiger partial charge >= 0.3 is 0 Å². The maximum Gasteiger partial charge on any atom is 0.212 e. The molecule has 0 fully saturated rings. The lowest BCUT2D eigenvalue weighted by atomic mass is 10.2. The zero-order chi connectivity index (χ0) is 7.40. The minimum Gasteiger partial charge on any atom is -0.368 e. The first-order chi connectivity index (χ1) is 4.79. The van der Waals surface area contributed by atoms with Gasteiger partial charge in [-0.3, -0.25) is 5.41 Å². The van der Waals surface area contributed by atoms with Gasteiger partial charge in [0.25, 0.3) is 0 Å². The van der Waals surface area contributed by atoms with Gasteiger partial charge in [0, 0.05) is 12.1 Å². The van der Waals surface area contributed by atoms with Crippen molar-refractivity contribution in [2.75, 3.05) is 0 Å². The van der Waals surface area contributed by atoms with Crippen molar-refractivity contribution in [3.63, 3.8) is 0 Å². The molecule has 10 heavy (non-hydrogen) atoms. The molecule has 0 aliphatic heterocycles. The van der Waals surface area contributed by atoms with Gasteiger partial charge in [0.2, 0.25) is 5.96 Å². The third kappa shape index (κ3) is 1.85. The molecule has 0 radical (unpaired) electrons. The normalized spacial score (nSPS) is 19.8. The molecule has 1 rings (SSSR count). The van der Waals surface area contributed by atoms with Gasteiger partial charge < -0.3 is 5.73 Å². The number of aliphatic imine (C=N–C) groups is 1. The molecule has 0 aromatic rings. The number of hydrogen-bond donors (Lipinski definition) is 2. The quantitative estimate of drug-likeness (QED) is 0.375. The van der Waals surface area contributed by atoms with E-state index in [1.165, 1.54) is 0 Å².